The van der Waals surface area contributed by atoms with Gasteiger partial charge >= 0.3 is 6.18 Å². The van der Waals surface area contributed by atoms with Gasteiger partial charge in [0.05, 0.1) is 23.3 Å². The Bertz CT molecular complexity index is 580. The van der Waals surface area contributed by atoms with Crippen molar-refractivity contribution in [2.24, 2.45) is 0 Å². The van der Waals surface area contributed by atoms with Crippen LogP contribution in [-0.4, -0.2) is 23.3 Å². The van der Waals surface area contributed by atoms with E-state index in [-0.39, 0.29) is 23.8 Å². The monoisotopic (exact) mass is 296 g/mol. The molecule has 6 heteroatoms. The predicted octanol–water partition coefficient (Wildman–Crippen LogP) is 3.07. The maximum absolute atomic E-state index is 12.8. The Labute approximate surface area is 120 Å². The fourth-order valence-electron chi connectivity index (χ4n) is 3.60. The molecule has 3 rings (SSSR count). The van der Waals surface area contributed by atoms with Crippen LogP contribution in [0.25, 0.3) is 0 Å². The molecule has 1 aromatic rings. The molecule has 1 aromatic carbocycles. The van der Waals surface area contributed by atoms with E-state index < -0.39 is 11.7 Å². The Kier molecular flexibility index (Phi) is 3.33. The van der Waals surface area contributed by atoms with Crippen LogP contribution in [-0.2, 0) is 6.18 Å². The number of aliphatic hydroxyl groups is 1. The van der Waals surface area contributed by atoms with E-state index in [0.29, 0.717) is 18.5 Å². The van der Waals surface area contributed by atoms with Gasteiger partial charge in [-0.3, -0.25) is 0 Å². The van der Waals surface area contributed by atoms with E-state index in [4.69, 9.17) is 5.26 Å². The lowest BCUT2D eigenvalue weighted by Gasteiger charge is -2.39. The van der Waals surface area contributed by atoms with Gasteiger partial charge in [-0.2, -0.15) is 18.4 Å². The lowest BCUT2D eigenvalue weighted by Crippen LogP contribution is -2.44. The smallest absolute Gasteiger partial charge is 0.393 e. The van der Waals surface area contributed by atoms with E-state index >= 15 is 0 Å². The van der Waals surface area contributed by atoms with Crippen LogP contribution in [0.1, 0.15) is 36.8 Å². The first-order chi connectivity index (χ1) is 9.90. The highest BCUT2D eigenvalue weighted by molar-refractivity contribution is 5.57. The molecule has 112 valence electrons. The van der Waals surface area contributed by atoms with Crippen molar-refractivity contribution in [3.63, 3.8) is 0 Å². The molecule has 2 fully saturated rings. The maximum Gasteiger partial charge on any atom is 0.417 e. The molecular weight excluding hydrogens is 281 g/mol. The fourth-order valence-corrected chi connectivity index (χ4v) is 3.60. The number of nitriles is 1. The third-order valence-corrected chi connectivity index (χ3v) is 4.44. The molecule has 2 atom stereocenters. The second-order valence-electron chi connectivity index (χ2n) is 5.76. The van der Waals surface area contributed by atoms with Crippen molar-refractivity contribution in [3.05, 3.63) is 29.3 Å². The van der Waals surface area contributed by atoms with Crippen LogP contribution in [0.3, 0.4) is 0 Å². The molecule has 0 aromatic heterocycles. The molecule has 3 nitrogen and oxygen atoms in total. The van der Waals surface area contributed by atoms with Gasteiger partial charge in [0.15, 0.2) is 0 Å². The summed E-state index contributed by atoms with van der Waals surface area (Å²) in [7, 11) is 0. The first kappa shape index (κ1) is 14.2. The molecule has 0 amide bonds. The van der Waals surface area contributed by atoms with Gasteiger partial charge in [-0.15, -0.1) is 0 Å². The normalized spacial score (nSPS) is 28.5. The zero-order valence-electron chi connectivity index (χ0n) is 11.3. The molecule has 1 N–H and O–H groups in total. The Morgan fingerprint density at radius 2 is 1.81 bits per heavy atom. The van der Waals surface area contributed by atoms with Gasteiger partial charge in [0.2, 0.25) is 0 Å². The minimum atomic E-state index is -4.51. The quantitative estimate of drug-likeness (QED) is 0.866. The van der Waals surface area contributed by atoms with Crippen molar-refractivity contribution in [1.29, 1.82) is 5.26 Å². The van der Waals surface area contributed by atoms with Gasteiger partial charge in [-0.05, 0) is 43.9 Å². The van der Waals surface area contributed by atoms with Crippen LogP contribution < -0.4 is 4.90 Å². The topological polar surface area (TPSA) is 47.3 Å². The summed E-state index contributed by atoms with van der Waals surface area (Å²) < 4.78 is 38.5. The van der Waals surface area contributed by atoms with Gasteiger partial charge < -0.3 is 10.0 Å². The summed E-state index contributed by atoms with van der Waals surface area (Å²) in [5.41, 5.74) is -0.581. The molecule has 2 aliphatic heterocycles. The number of halogens is 3. The van der Waals surface area contributed by atoms with Crippen LogP contribution in [0.2, 0.25) is 0 Å². The third-order valence-electron chi connectivity index (χ3n) is 4.44. The second-order valence-corrected chi connectivity index (χ2v) is 5.76. The summed E-state index contributed by atoms with van der Waals surface area (Å²) in [4.78, 5) is 2.08. The van der Waals surface area contributed by atoms with E-state index in [0.717, 1.165) is 18.9 Å². The summed E-state index contributed by atoms with van der Waals surface area (Å²) in [6.07, 6.45) is -1.70. The molecule has 2 saturated heterocycles. The van der Waals surface area contributed by atoms with E-state index in [2.05, 4.69) is 4.90 Å². The molecule has 2 aliphatic rings. The molecule has 2 heterocycles. The summed E-state index contributed by atoms with van der Waals surface area (Å²) in [5, 5.41) is 18.8. The minimum absolute atomic E-state index is 0.155. The number of piperidine rings is 1. The highest BCUT2D eigenvalue weighted by Crippen LogP contribution is 2.41. The zero-order chi connectivity index (χ0) is 15.2. The van der Waals surface area contributed by atoms with E-state index in [1.165, 1.54) is 12.1 Å². The number of benzene rings is 1. The lowest BCUT2D eigenvalue weighted by atomic mass is 9.98. The molecule has 21 heavy (non-hydrogen) atoms. The number of hydrogen-bond acceptors (Lipinski definition) is 3. The Morgan fingerprint density at radius 3 is 2.33 bits per heavy atom. The number of aliphatic hydroxyl groups excluding tert-OH is 1. The largest absolute Gasteiger partial charge is 0.417 e. The standard InChI is InChI=1S/C15H15F3N2O/c16-15(17,18)14-4-3-10(5-9(14)8-19)20-11-1-2-12(20)7-13(21)6-11/h3-5,11-13,21H,1-2,6-7H2. The highest BCUT2D eigenvalue weighted by Gasteiger charge is 2.41. The van der Waals surface area contributed by atoms with E-state index in [9.17, 15) is 18.3 Å². The fraction of sp³-hybridized carbons (Fsp3) is 0.533. The third kappa shape index (κ3) is 2.46. The Morgan fingerprint density at radius 1 is 1.19 bits per heavy atom. The van der Waals surface area contributed by atoms with Gasteiger partial charge in [0, 0.05) is 17.8 Å². The average Bonchev–Trinajstić information content (AvgIpc) is 2.69. The zero-order valence-corrected chi connectivity index (χ0v) is 11.3. The highest BCUT2D eigenvalue weighted by atomic mass is 19.4. The number of alkyl halides is 3. The number of nitrogens with zero attached hydrogens (tertiary/aromatic N) is 2. The average molecular weight is 296 g/mol. The SMILES string of the molecule is N#Cc1cc(N2C3CCC2CC(O)C3)ccc1C(F)(F)F. The van der Waals surface area contributed by atoms with Crippen LogP contribution in [0.15, 0.2) is 18.2 Å². The van der Waals surface area contributed by atoms with Crippen LogP contribution in [0, 0.1) is 11.3 Å². The maximum atomic E-state index is 12.8. The molecule has 0 radical (unpaired) electrons. The van der Waals surface area contributed by atoms with Gasteiger partial charge in [-0.1, -0.05) is 0 Å². The number of hydrogen-bond donors (Lipinski definition) is 1. The van der Waals surface area contributed by atoms with Crippen molar-refractivity contribution < 1.29 is 18.3 Å². The minimum Gasteiger partial charge on any atom is -0.393 e. The molecule has 0 aliphatic carbocycles. The van der Waals surface area contributed by atoms with E-state index in [1.807, 2.05) is 0 Å². The first-order valence-corrected chi connectivity index (χ1v) is 6.98. The molecule has 2 bridgehead atoms. The van der Waals surface area contributed by atoms with Crippen molar-refractivity contribution in [3.8, 4) is 6.07 Å². The van der Waals surface area contributed by atoms with Crippen LogP contribution >= 0.6 is 0 Å². The van der Waals surface area contributed by atoms with Gasteiger partial charge in [0.25, 0.3) is 0 Å². The van der Waals surface area contributed by atoms with Gasteiger partial charge in [-0.25, -0.2) is 0 Å². The summed E-state index contributed by atoms with van der Waals surface area (Å²) in [5.74, 6) is 0. The molecule has 2 unspecified atom stereocenters. The molecular formula is C15H15F3N2O. The molecule has 0 saturated carbocycles. The first-order valence-electron chi connectivity index (χ1n) is 6.98. The van der Waals surface area contributed by atoms with Crippen molar-refractivity contribution in [1.82, 2.24) is 0 Å². The molecule has 0 spiro atoms. The van der Waals surface area contributed by atoms with Crippen LogP contribution in [0.5, 0.6) is 0 Å². The number of fused-ring (bicyclic) bond motifs is 2. The van der Waals surface area contributed by atoms with Crippen molar-refractivity contribution in [2.75, 3.05) is 4.90 Å². The number of anilines is 1. The van der Waals surface area contributed by atoms with Crippen LogP contribution in [0.4, 0.5) is 18.9 Å². The summed E-state index contributed by atoms with van der Waals surface area (Å²) in [6.45, 7) is 0. The Balaban J connectivity index is 1.96. The summed E-state index contributed by atoms with van der Waals surface area (Å²) >= 11 is 0. The lowest BCUT2D eigenvalue weighted by molar-refractivity contribution is -0.137. The van der Waals surface area contributed by atoms with Crippen molar-refractivity contribution in [2.45, 2.75) is 50.0 Å². The van der Waals surface area contributed by atoms with Gasteiger partial charge in [0.1, 0.15) is 0 Å². The predicted molar refractivity (Wildman–Crippen MR) is 70.7 cm³/mol. The summed E-state index contributed by atoms with van der Waals surface area (Å²) in [6, 6.07) is 5.70. The number of rotatable bonds is 1. The van der Waals surface area contributed by atoms with E-state index in [1.54, 1.807) is 6.07 Å². The Hall–Kier alpha value is -1.74. The van der Waals surface area contributed by atoms with Crippen molar-refractivity contribution >= 4 is 5.69 Å². The second kappa shape index (κ2) is 4.92.